The van der Waals surface area contributed by atoms with Crippen molar-refractivity contribution in [1.82, 2.24) is 19.4 Å². The zero-order chi connectivity index (χ0) is 22.4. The molecule has 8 heteroatoms. The smallest absolute Gasteiger partial charge is 0.255 e. The fraction of sp³-hybridized carbons (Fsp3) is 0.304. The van der Waals surface area contributed by atoms with Crippen molar-refractivity contribution in [2.45, 2.75) is 20.3 Å². The standard InChI is InChI=1S/C23H28N4O3S/c1-4-26(31(3,29)30)16-10-15-24-23(28)21-17-27(19-12-6-5-7-13-19)25-22(21)20-14-9-8-11-18(20)2/h5-9,11-14,17H,4,10,15-16H2,1-3H3,(H,24,28). The lowest BCUT2D eigenvalue weighted by atomic mass is 10.0. The van der Waals surface area contributed by atoms with Gasteiger partial charge in [-0.25, -0.2) is 17.4 Å². The van der Waals surface area contributed by atoms with Crippen LogP contribution in [-0.4, -0.2) is 54.3 Å². The number of sulfonamides is 1. The lowest BCUT2D eigenvalue weighted by Gasteiger charge is -2.17. The monoisotopic (exact) mass is 440 g/mol. The molecule has 31 heavy (non-hydrogen) atoms. The molecule has 3 rings (SSSR count). The fourth-order valence-corrected chi connectivity index (χ4v) is 4.33. The fourth-order valence-electron chi connectivity index (χ4n) is 3.40. The molecule has 164 valence electrons. The molecule has 0 fully saturated rings. The minimum Gasteiger partial charge on any atom is -0.352 e. The zero-order valence-electron chi connectivity index (χ0n) is 18.1. The van der Waals surface area contributed by atoms with E-state index in [4.69, 9.17) is 5.10 Å². The van der Waals surface area contributed by atoms with Crippen LogP contribution < -0.4 is 5.32 Å². The predicted octanol–water partition coefficient (Wildman–Crippen LogP) is 3.25. The van der Waals surface area contributed by atoms with Crippen molar-refractivity contribution in [2.75, 3.05) is 25.9 Å². The van der Waals surface area contributed by atoms with E-state index in [9.17, 15) is 13.2 Å². The topological polar surface area (TPSA) is 84.3 Å². The highest BCUT2D eigenvalue weighted by Crippen LogP contribution is 2.26. The number of aryl methyl sites for hydroxylation is 1. The Morgan fingerprint density at radius 2 is 1.77 bits per heavy atom. The summed E-state index contributed by atoms with van der Waals surface area (Å²) in [6.07, 6.45) is 3.46. The molecule has 0 bridgehead atoms. The third-order valence-electron chi connectivity index (χ3n) is 5.07. The highest BCUT2D eigenvalue weighted by molar-refractivity contribution is 7.88. The number of carbonyl (C=O) groups is 1. The maximum Gasteiger partial charge on any atom is 0.255 e. The van der Waals surface area contributed by atoms with Crippen LogP contribution in [0, 0.1) is 6.92 Å². The molecule has 0 unspecified atom stereocenters. The van der Waals surface area contributed by atoms with Gasteiger partial charge in [0.1, 0.15) is 5.69 Å². The summed E-state index contributed by atoms with van der Waals surface area (Å²) in [6.45, 7) is 4.93. The average Bonchev–Trinajstić information content (AvgIpc) is 3.19. The first-order valence-electron chi connectivity index (χ1n) is 10.3. The van der Waals surface area contributed by atoms with Gasteiger partial charge in [-0.1, -0.05) is 49.4 Å². The maximum absolute atomic E-state index is 13.0. The first-order valence-corrected chi connectivity index (χ1v) is 12.1. The summed E-state index contributed by atoms with van der Waals surface area (Å²) in [5.41, 5.74) is 3.89. The summed E-state index contributed by atoms with van der Waals surface area (Å²) in [5, 5.41) is 7.61. The van der Waals surface area contributed by atoms with Crippen molar-refractivity contribution >= 4 is 15.9 Å². The minimum absolute atomic E-state index is 0.233. The third kappa shape index (κ3) is 5.59. The Hall–Kier alpha value is -2.97. The highest BCUT2D eigenvalue weighted by Gasteiger charge is 2.20. The van der Waals surface area contributed by atoms with Gasteiger partial charge in [-0.3, -0.25) is 4.79 Å². The molecule has 1 aromatic heterocycles. The van der Waals surface area contributed by atoms with Crippen molar-refractivity contribution in [3.05, 3.63) is 71.9 Å². The molecule has 0 aliphatic carbocycles. The molecular formula is C23H28N4O3S. The zero-order valence-corrected chi connectivity index (χ0v) is 18.9. The molecule has 0 aliphatic rings. The molecule has 2 aromatic carbocycles. The van der Waals surface area contributed by atoms with E-state index in [0.717, 1.165) is 16.8 Å². The van der Waals surface area contributed by atoms with E-state index in [0.29, 0.717) is 37.3 Å². The van der Waals surface area contributed by atoms with Crippen LogP contribution in [0.5, 0.6) is 0 Å². The number of hydrogen-bond donors (Lipinski definition) is 1. The summed E-state index contributed by atoms with van der Waals surface area (Å²) in [6, 6.07) is 17.5. The molecule has 0 radical (unpaired) electrons. The van der Waals surface area contributed by atoms with Crippen LogP contribution in [0.1, 0.15) is 29.3 Å². The molecule has 0 atom stereocenters. The number of aromatic nitrogens is 2. The van der Waals surface area contributed by atoms with Gasteiger partial charge in [-0.05, 0) is 31.0 Å². The van der Waals surface area contributed by atoms with Crippen LogP contribution in [-0.2, 0) is 10.0 Å². The molecule has 0 aliphatic heterocycles. The molecule has 1 heterocycles. The van der Waals surface area contributed by atoms with E-state index in [-0.39, 0.29) is 5.91 Å². The lowest BCUT2D eigenvalue weighted by Crippen LogP contribution is -2.33. The molecular weight excluding hydrogens is 412 g/mol. The summed E-state index contributed by atoms with van der Waals surface area (Å²) in [5.74, 6) is -0.233. The van der Waals surface area contributed by atoms with Gasteiger partial charge in [0, 0.05) is 31.4 Å². The first-order chi connectivity index (χ1) is 14.8. The van der Waals surface area contributed by atoms with Crippen molar-refractivity contribution < 1.29 is 13.2 Å². The van der Waals surface area contributed by atoms with E-state index in [1.807, 2.05) is 61.5 Å². The second kappa shape index (κ2) is 9.89. The number of carbonyl (C=O) groups excluding carboxylic acids is 1. The van der Waals surface area contributed by atoms with Crippen LogP contribution in [0.2, 0.25) is 0 Å². The Kier molecular flexibility index (Phi) is 7.25. The quantitative estimate of drug-likeness (QED) is 0.518. The van der Waals surface area contributed by atoms with Gasteiger partial charge in [0.2, 0.25) is 10.0 Å². The van der Waals surface area contributed by atoms with E-state index in [1.54, 1.807) is 17.8 Å². The van der Waals surface area contributed by atoms with Gasteiger partial charge >= 0.3 is 0 Å². The summed E-state index contributed by atoms with van der Waals surface area (Å²) >= 11 is 0. The van der Waals surface area contributed by atoms with Crippen LogP contribution >= 0.6 is 0 Å². The largest absolute Gasteiger partial charge is 0.352 e. The SMILES string of the molecule is CCN(CCCNC(=O)c1cn(-c2ccccc2)nc1-c1ccccc1C)S(C)(=O)=O. The minimum atomic E-state index is -3.24. The Labute approximate surface area is 183 Å². The summed E-state index contributed by atoms with van der Waals surface area (Å²) in [4.78, 5) is 13.0. The second-order valence-electron chi connectivity index (χ2n) is 7.35. The predicted molar refractivity (Wildman–Crippen MR) is 123 cm³/mol. The Bertz CT molecular complexity index is 1140. The van der Waals surface area contributed by atoms with E-state index >= 15 is 0 Å². The maximum atomic E-state index is 13.0. The van der Waals surface area contributed by atoms with Crippen LogP contribution in [0.25, 0.3) is 16.9 Å². The second-order valence-corrected chi connectivity index (χ2v) is 9.33. The normalized spacial score (nSPS) is 11.6. The Balaban J connectivity index is 1.81. The number of hydrogen-bond acceptors (Lipinski definition) is 4. The van der Waals surface area contributed by atoms with E-state index in [1.165, 1.54) is 10.6 Å². The third-order valence-corrected chi connectivity index (χ3v) is 6.45. The molecule has 0 saturated carbocycles. The van der Waals surface area contributed by atoms with E-state index in [2.05, 4.69) is 5.32 Å². The van der Waals surface area contributed by atoms with Gasteiger partial charge < -0.3 is 5.32 Å². The van der Waals surface area contributed by atoms with Gasteiger partial charge in [0.15, 0.2) is 0 Å². The summed E-state index contributed by atoms with van der Waals surface area (Å²) < 4.78 is 26.5. The van der Waals surface area contributed by atoms with Gasteiger partial charge in [-0.15, -0.1) is 0 Å². The number of nitrogens with zero attached hydrogens (tertiary/aromatic N) is 3. The average molecular weight is 441 g/mol. The molecule has 7 nitrogen and oxygen atoms in total. The lowest BCUT2D eigenvalue weighted by molar-refractivity contribution is 0.0953. The van der Waals surface area contributed by atoms with Crippen LogP contribution in [0.4, 0.5) is 0 Å². The van der Waals surface area contributed by atoms with Crippen molar-refractivity contribution in [2.24, 2.45) is 0 Å². The molecule has 3 aromatic rings. The number of rotatable bonds is 9. The van der Waals surface area contributed by atoms with Crippen molar-refractivity contribution in [1.29, 1.82) is 0 Å². The van der Waals surface area contributed by atoms with Gasteiger partial charge in [0.25, 0.3) is 5.91 Å². The van der Waals surface area contributed by atoms with E-state index < -0.39 is 10.0 Å². The number of benzene rings is 2. The van der Waals surface area contributed by atoms with Crippen LogP contribution in [0.3, 0.4) is 0 Å². The Morgan fingerprint density at radius 3 is 2.42 bits per heavy atom. The Morgan fingerprint density at radius 1 is 1.10 bits per heavy atom. The van der Waals surface area contributed by atoms with Gasteiger partial charge in [-0.2, -0.15) is 5.10 Å². The highest BCUT2D eigenvalue weighted by atomic mass is 32.2. The number of nitrogens with one attached hydrogen (secondary N) is 1. The molecule has 1 N–H and O–H groups in total. The first kappa shape index (κ1) is 22.7. The molecule has 1 amide bonds. The van der Waals surface area contributed by atoms with Gasteiger partial charge in [0.05, 0.1) is 17.5 Å². The number of para-hydroxylation sites is 1. The molecule has 0 spiro atoms. The van der Waals surface area contributed by atoms with Crippen molar-refractivity contribution in [3.63, 3.8) is 0 Å². The number of amides is 1. The van der Waals surface area contributed by atoms with Crippen LogP contribution in [0.15, 0.2) is 60.8 Å². The molecule has 0 saturated heterocycles. The van der Waals surface area contributed by atoms with Crippen molar-refractivity contribution in [3.8, 4) is 16.9 Å². The summed E-state index contributed by atoms with van der Waals surface area (Å²) in [7, 11) is -3.24.